The van der Waals surface area contributed by atoms with Crippen LogP contribution in [-0.2, 0) is 9.16 Å². The Morgan fingerprint density at radius 2 is 1.47 bits per heavy atom. The number of benzene rings is 2. The van der Waals surface area contributed by atoms with Gasteiger partial charge in [-0.25, -0.2) is 4.79 Å². The molecule has 4 rings (SSSR count). The molecular formula is C25H34N2O4Si. The monoisotopic (exact) mass is 454 g/mol. The normalized spacial score (nSPS) is 22.8. The summed E-state index contributed by atoms with van der Waals surface area (Å²) in [5.41, 5.74) is 0. The average molecular weight is 455 g/mol. The lowest BCUT2D eigenvalue weighted by molar-refractivity contribution is 0.0501. The molecule has 32 heavy (non-hydrogen) atoms. The van der Waals surface area contributed by atoms with Crippen LogP contribution in [0, 0.1) is 0 Å². The van der Waals surface area contributed by atoms with E-state index in [1.54, 1.807) is 0 Å². The zero-order chi connectivity index (χ0) is 22.8. The van der Waals surface area contributed by atoms with Gasteiger partial charge < -0.3 is 19.2 Å². The van der Waals surface area contributed by atoms with Crippen LogP contribution in [0.4, 0.5) is 4.79 Å². The second-order valence-electron chi connectivity index (χ2n) is 9.73. The Hall–Kier alpha value is -2.19. The maximum atomic E-state index is 11.3. The van der Waals surface area contributed by atoms with Gasteiger partial charge in [0.25, 0.3) is 8.32 Å². The smallest absolute Gasteiger partial charge is 0.407 e. The molecule has 2 aromatic carbocycles. The summed E-state index contributed by atoms with van der Waals surface area (Å²) < 4.78 is 13.3. The minimum absolute atomic E-state index is 0.0577. The molecule has 2 heterocycles. The number of amides is 1. The molecule has 2 aromatic rings. The molecule has 2 fully saturated rings. The van der Waals surface area contributed by atoms with Crippen molar-refractivity contribution in [2.24, 2.45) is 0 Å². The molecule has 2 aliphatic heterocycles. The third kappa shape index (κ3) is 4.35. The molecule has 6 nitrogen and oxygen atoms in total. The molecular weight excluding hydrogens is 420 g/mol. The van der Waals surface area contributed by atoms with Crippen LogP contribution < -0.4 is 10.4 Å². The fourth-order valence-electron chi connectivity index (χ4n) is 5.14. The van der Waals surface area contributed by atoms with E-state index in [0.29, 0.717) is 39.4 Å². The van der Waals surface area contributed by atoms with Gasteiger partial charge in [-0.05, 0) is 15.4 Å². The SMILES string of the molecule is CC(C)(C)[Si](O[C@H]1COC[C@H]1N1CCN(C(=O)O)CC1)(c1ccccc1)c1ccccc1. The first kappa shape index (κ1) is 23.0. The van der Waals surface area contributed by atoms with Crippen LogP contribution in [-0.4, -0.2) is 80.9 Å². The van der Waals surface area contributed by atoms with Gasteiger partial charge in [0, 0.05) is 26.2 Å². The average Bonchev–Trinajstić information content (AvgIpc) is 3.26. The van der Waals surface area contributed by atoms with Gasteiger partial charge in [0.15, 0.2) is 0 Å². The molecule has 0 aliphatic carbocycles. The lowest BCUT2D eigenvalue weighted by Crippen LogP contribution is -2.69. The molecule has 0 unspecified atom stereocenters. The van der Waals surface area contributed by atoms with E-state index in [-0.39, 0.29) is 17.2 Å². The Bertz CT molecular complexity index is 856. The van der Waals surface area contributed by atoms with E-state index in [1.807, 2.05) is 0 Å². The van der Waals surface area contributed by atoms with Crippen LogP contribution in [0.1, 0.15) is 20.8 Å². The number of piperazine rings is 1. The van der Waals surface area contributed by atoms with E-state index < -0.39 is 14.4 Å². The van der Waals surface area contributed by atoms with Gasteiger partial charge in [-0.2, -0.15) is 0 Å². The topological polar surface area (TPSA) is 62.2 Å². The summed E-state index contributed by atoms with van der Waals surface area (Å²) >= 11 is 0. The van der Waals surface area contributed by atoms with Gasteiger partial charge in [-0.3, -0.25) is 4.90 Å². The van der Waals surface area contributed by atoms with Crippen molar-refractivity contribution >= 4 is 24.8 Å². The van der Waals surface area contributed by atoms with E-state index in [1.165, 1.54) is 15.3 Å². The Morgan fingerprint density at radius 3 is 1.94 bits per heavy atom. The van der Waals surface area contributed by atoms with Crippen molar-refractivity contribution in [3.8, 4) is 0 Å². The molecule has 7 heteroatoms. The standard InChI is InChI=1S/C25H34N2O4Si/c1-25(2,3)32(20-10-6-4-7-11-20,21-12-8-5-9-13-21)31-23-19-30-18-22(23)26-14-16-27(17-15-26)24(28)29/h4-13,22-23H,14-19H2,1-3H3,(H,28,29)/t22-,23+/m1/s1. The first-order valence-electron chi connectivity index (χ1n) is 11.4. The van der Waals surface area contributed by atoms with Gasteiger partial charge in [-0.15, -0.1) is 0 Å². The zero-order valence-corrected chi connectivity index (χ0v) is 20.2. The van der Waals surface area contributed by atoms with Crippen molar-refractivity contribution in [1.82, 2.24) is 9.80 Å². The van der Waals surface area contributed by atoms with E-state index in [4.69, 9.17) is 9.16 Å². The Morgan fingerprint density at radius 1 is 0.938 bits per heavy atom. The van der Waals surface area contributed by atoms with Crippen molar-refractivity contribution in [2.75, 3.05) is 39.4 Å². The molecule has 1 N–H and O–H groups in total. The molecule has 1 amide bonds. The minimum atomic E-state index is -2.66. The Kier molecular flexibility index (Phi) is 6.72. The van der Waals surface area contributed by atoms with Crippen molar-refractivity contribution in [3.63, 3.8) is 0 Å². The Labute approximate surface area is 191 Å². The number of carbonyl (C=O) groups is 1. The third-order valence-electron chi connectivity index (χ3n) is 6.80. The second-order valence-corrected chi connectivity index (χ2v) is 14.0. The highest BCUT2D eigenvalue weighted by Crippen LogP contribution is 2.38. The summed E-state index contributed by atoms with van der Waals surface area (Å²) in [5, 5.41) is 11.7. The highest BCUT2D eigenvalue weighted by Gasteiger charge is 2.53. The minimum Gasteiger partial charge on any atom is -0.465 e. The first-order valence-corrected chi connectivity index (χ1v) is 13.3. The summed E-state index contributed by atoms with van der Waals surface area (Å²) in [7, 11) is -2.66. The van der Waals surface area contributed by atoms with E-state index >= 15 is 0 Å². The van der Waals surface area contributed by atoms with E-state index in [9.17, 15) is 9.90 Å². The molecule has 2 atom stereocenters. The van der Waals surface area contributed by atoms with Crippen molar-refractivity contribution in [2.45, 2.75) is 38.0 Å². The highest BCUT2D eigenvalue weighted by atomic mass is 28.4. The van der Waals surface area contributed by atoms with Crippen LogP contribution in [0.3, 0.4) is 0 Å². The number of rotatable bonds is 5. The number of hydrogen-bond acceptors (Lipinski definition) is 4. The summed E-state index contributed by atoms with van der Waals surface area (Å²) in [6.45, 7) is 10.5. The van der Waals surface area contributed by atoms with Crippen molar-refractivity contribution < 1.29 is 19.1 Å². The third-order valence-corrected chi connectivity index (χ3v) is 11.9. The van der Waals surface area contributed by atoms with E-state index in [0.717, 1.165) is 0 Å². The molecule has 0 aromatic heterocycles. The maximum absolute atomic E-state index is 11.3. The maximum Gasteiger partial charge on any atom is 0.407 e. The van der Waals surface area contributed by atoms with E-state index in [2.05, 4.69) is 86.3 Å². The summed E-state index contributed by atoms with van der Waals surface area (Å²) in [4.78, 5) is 15.2. The molecule has 2 saturated heterocycles. The van der Waals surface area contributed by atoms with Gasteiger partial charge >= 0.3 is 6.09 Å². The predicted molar refractivity (Wildman–Crippen MR) is 128 cm³/mol. The highest BCUT2D eigenvalue weighted by molar-refractivity contribution is 6.99. The number of nitrogens with zero attached hydrogens (tertiary/aromatic N) is 2. The summed E-state index contributed by atoms with van der Waals surface area (Å²) in [6.07, 6.45) is -0.898. The number of carboxylic acid groups (broad SMARTS) is 1. The number of ether oxygens (including phenoxy) is 1. The van der Waals surface area contributed by atoms with Crippen molar-refractivity contribution in [3.05, 3.63) is 60.7 Å². The molecule has 2 aliphatic rings. The quantitative estimate of drug-likeness (QED) is 0.704. The lowest BCUT2D eigenvalue weighted by atomic mass is 10.1. The molecule has 0 saturated carbocycles. The van der Waals surface area contributed by atoms with Gasteiger partial charge in [0.05, 0.1) is 25.4 Å². The fraction of sp³-hybridized carbons (Fsp3) is 0.480. The predicted octanol–water partition coefficient (Wildman–Crippen LogP) is 2.63. The van der Waals surface area contributed by atoms with Gasteiger partial charge in [0.1, 0.15) is 0 Å². The fourth-order valence-corrected chi connectivity index (χ4v) is 9.83. The summed E-state index contributed by atoms with van der Waals surface area (Å²) in [6, 6.07) is 21.5. The number of hydrogen-bond donors (Lipinski definition) is 1. The Balaban J connectivity index is 1.68. The molecule has 0 bridgehead atoms. The van der Waals surface area contributed by atoms with Crippen LogP contribution in [0.25, 0.3) is 0 Å². The van der Waals surface area contributed by atoms with Gasteiger partial charge in [-0.1, -0.05) is 81.4 Å². The van der Waals surface area contributed by atoms with Crippen molar-refractivity contribution in [1.29, 1.82) is 0 Å². The molecule has 0 spiro atoms. The second kappa shape index (κ2) is 9.35. The van der Waals surface area contributed by atoms with Crippen LogP contribution in [0.15, 0.2) is 60.7 Å². The first-order chi connectivity index (χ1) is 15.3. The zero-order valence-electron chi connectivity index (χ0n) is 19.2. The largest absolute Gasteiger partial charge is 0.465 e. The lowest BCUT2D eigenvalue weighted by Gasteiger charge is -2.46. The molecule has 0 radical (unpaired) electrons. The summed E-state index contributed by atoms with van der Waals surface area (Å²) in [5.74, 6) is 0. The van der Waals surface area contributed by atoms with Crippen LogP contribution in [0.5, 0.6) is 0 Å². The van der Waals surface area contributed by atoms with Crippen LogP contribution in [0.2, 0.25) is 5.04 Å². The van der Waals surface area contributed by atoms with Crippen LogP contribution >= 0.6 is 0 Å². The van der Waals surface area contributed by atoms with Gasteiger partial charge in [0.2, 0.25) is 0 Å². The molecule has 172 valence electrons.